The smallest absolute Gasteiger partial charge is 0.196 e. The maximum Gasteiger partial charge on any atom is 0.196 e. The van der Waals surface area contributed by atoms with Crippen LogP contribution in [0.4, 0.5) is 17.1 Å². The van der Waals surface area contributed by atoms with Crippen molar-refractivity contribution in [1.82, 2.24) is 0 Å². The lowest BCUT2D eigenvalue weighted by Gasteiger charge is -2.28. The van der Waals surface area contributed by atoms with Crippen LogP contribution in [0.3, 0.4) is 0 Å². The van der Waals surface area contributed by atoms with Crippen molar-refractivity contribution < 1.29 is 14.5 Å². The zero-order chi connectivity index (χ0) is 22.0. The minimum Gasteiger partial charge on any atom is -0.396 e. The topological polar surface area (TPSA) is 88.7 Å². The second-order valence-electron chi connectivity index (χ2n) is 9.06. The molecule has 31 heavy (non-hydrogen) atoms. The molecule has 0 amide bonds. The number of fused-ring (bicyclic) bond motifs is 2. The van der Waals surface area contributed by atoms with Gasteiger partial charge in [0.2, 0.25) is 0 Å². The fraction of sp³-hybridized carbons (Fsp3) is 0.440. The number of ketones is 2. The van der Waals surface area contributed by atoms with Crippen molar-refractivity contribution in [3.8, 4) is 0 Å². The van der Waals surface area contributed by atoms with E-state index < -0.39 is 0 Å². The van der Waals surface area contributed by atoms with Crippen LogP contribution in [0.2, 0.25) is 0 Å². The predicted octanol–water partition coefficient (Wildman–Crippen LogP) is 2.74. The molecule has 0 radical (unpaired) electrons. The van der Waals surface area contributed by atoms with Crippen molar-refractivity contribution in [3.63, 3.8) is 0 Å². The third-order valence-electron chi connectivity index (χ3n) is 6.37. The zero-order valence-electron chi connectivity index (χ0n) is 18.5. The van der Waals surface area contributed by atoms with Gasteiger partial charge in [0, 0.05) is 35.8 Å². The first-order valence-corrected chi connectivity index (χ1v) is 11.4. The highest BCUT2D eigenvalue weighted by atomic mass is 16.1. The highest BCUT2D eigenvalue weighted by Gasteiger charge is 2.35. The van der Waals surface area contributed by atoms with Crippen LogP contribution in [0.25, 0.3) is 0 Å². The first-order chi connectivity index (χ1) is 15.0. The first-order valence-electron chi connectivity index (χ1n) is 11.4. The highest BCUT2D eigenvalue weighted by Crippen LogP contribution is 2.40. The molecule has 0 atom stereocenters. The van der Waals surface area contributed by atoms with Crippen LogP contribution in [0.15, 0.2) is 30.3 Å². The Kier molecular flexibility index (Phi) is 6.28. The molecule has 2 aliphatic carbocycles. The summed E-state index contributed by atoms with van der Waals surface area (Å²) in [5, 5.41) is 7.01. The summed E-state index contributed by atoms with van der Waals surface area (Å²) in [7, 11) is 4.24. The molecule has 2 aliphatic rings. The molecule has 0 bridgehead atoms. The maximum atomic E-state index is 13.4. The molecular weight excluding hydrogens is 388 g/mol. The highest BCUT2D eigenvalue weighted by molar-refractivity contribution is 6.32. The monoisotopic (exact) mass is 421 g/mol. The van der Waals surface area contributed by atoms with Gasteiger partial charge in [-0.05, 0) is 18.9 Å². The Hall–Kier alpha value is -2.86. The van der Waals surface area contributed by atoms with Crippen molar-refractivity contribution in [2.45, 2.75) is 44.6 Å². The molecule has 164 valence electrons. The van der Waals surface area contributed by atoms with Crippen LogP contribution in [-0.4, -0.2) is 44.8 Å². The van der Waals surface area contributed by atoms with Gasteiger partial charge in [-0.2, -0.15) is 0 Å². The predicted molar refractivity (Wildman–Crippen MR) is 125 cm³/mol. The SMILES string of the molecule is C[NH+](C)CCCNc1cc(NC2CCCCC2)c(N)c2c1C(=O)c1ccccc1C2=O. The van der Waals surface area contributed by atoms with Crippen molar-refractivity contribution >= 4 is 28.6 Å². The third kappa shape index (κ3) is 4.30. The Morgan fingerprint density at radius 2 is 1.61 bits per heavy atom. The molecule has 0 aromatic heterocycles. The minimum atomic E-state index is -0.171. The van der Waals surface area contributed by atoms with Gasteiger partial charge in [0.15, 0.2) is 11.6 Å². The van der Waals surface area contributed by atoms with E-state index in [9.17, 15) is 9.59 Å². The summed E-state index contributed by atoms with van der Waals surface area (Å²) < 4.78 is 0. The lowest BCUT2D eigenvalue weighted by atomic mass is 9.81. The van der Waals surface area contributed by atoms with Crippen molar-refractivity contribution in [2.24, 2.45) is 0 Å². The van der Waals surface area contributed by atoms with E-state index in [1.807, 2.05) is 6.07 Å². The lowest BCUT2D eigenvalue weighted by molar-refractivity contribution is -0.858. The number of rotatable bonds is 7. The zero-order valence-corrected chi connectivity index (χ0v) is 18.5. The number of benzene rings is 2. The molecule has 2 aromatic carbocycles. The first kappa shape index (κ1) is 21.4. The van der Waals surface area contributed by atoms with Crippen LogP contribution < -0.4 is 21.3 Å². The van der Waals surface area contributed by atoms with E-state index in [1.54, 1.807) is 24.3 Å². The van der Waals surface area contributed by atoms with Crippen LogP contribution in [0.5, 0.6) is 0 Å². The second kappa shape index (κ2) is 9.10. The number of anilines is 3. The normalized spacial score (nSPS) is 16.2. The summed E-state index contributed by atoms with van der Waals surface area (Å²) >= 11 is 0. The quantitative estimate of drug-likeness (QED) is 0.348. The molecule has 0 spiro atoms. The summed E-state index contributed by atoms with van der Waals surface area (Å²) in [6, 6.07) is 9.31. The number of hydrogen-bond donors (Lipinski definition) is 4. The molecule has 0 unspecified atom stereocenters. The van der Waals surface area contributed by atoms with Crippen molar-refractivity contribution in [3.05, 3.63) is 52.6 Å². The van der Waals surface area contributed by atoms with Gasteiger partial charge in [-0.3, -0.25) is 9.59 Å². The molecular formula is C25H33N4O2+. The average Bonchev–Trinajstić information content (AvgIpc) is 2.77. The van der Waals surface area contributed by atoms with Crippen molar-refractivity contribution in [1.29, 1.82) is 0 Å². The fourth-order valence-corrected chi connectivity index (χ4v) is 4.71. The Balaban J connectivity index is 1.74. The van der Waals surface area contributed by atoms with E-state index in [4.69, 9.17) is 5.73 Å². The van der Waals surface area contributed by atoms with E-state index >= 15 is 0 Å². The van der Waals surface area contributed by atoms with Crippen LogP contribution >= 0.6 is 0 Å². The lowest BCUT2D eigenvalue weighted by Crippen LogP contribution is -3.05. The maximum absolute atomic E-state index is 13.4. The molecule has 6 nitrogen and oxygen atoms in total. The van der Waals surface area contributed by atoms with E-state index in [1.165, 1.54) is 24.2 Å². The number of hydrogen-bond acceptors (Lipinski definition) is 5. The largest absolute Gasteiger partial charge is 0.396 e. The number of carbonyl (C=O) groups excluding carboxylic acids is 2. The van der Waals surface area contributed by atoms with Gasteiger partial charge in [-0.25, -0.2) is 0 Å². The molecule has 6 heteroatoms. The molecule has 4 rings (SSSR count). The van der Waals surface area contributed by atoms with E-state index in [2.05, 4.69) is 24.7 Å². The van der Waals surface area contributed by atoms with E-state index in [0.29, 0.717) is 39.7 Å². The summed E-state index contributed by atoms with van der Waals surface area (Å²) in [4.78, 5) is 28.2. The summed E-state index contributed by atoms with van der Waals surface area (Å²) in [6.07, 6.45) is 6.83. The van der Waals surface area contributed by atoms with Gasteiger partial charge in [0.25, 0.3) is 0 Å². The van der Waals surface area contributed by atoms with E-state index in [-0.39, 0.29) is 11.6 Å². The summed E-state index contributed by atoms with van der Waals surface area (Å²) in [6.45, 7) is 1.75. The Morgan fingerprint density at radius 1 is 0.968 bits per heavy atom. The average molecular weight is 422 g/mol. The number of nitrogen functional groups attached to an aromatic ring is 1. The third-order valence-corrected chi connectivity index (χ3v) is 6.37. The summed E-state index contributed by atoms with van der Waals surface area (Å²) in [5.74, 6) is -0.308. The van der Waals surface area contributed by atoms with Gasteiger partial charge < -0.3 is 21.3 Å². The Labute approximate surface area is 184 Å². The standard InChI is InChI=1S/C25H32N4O2/c1-29(2)14-8-13-27-19-15-20(28-16-9-4-3-5-10-16)23(26)22-21(19)24(30)17-11-6-7-12-18(17)25(22)31/h6-7,11-12,15-16,27-28H,3-5,8-10,13-14,26H2,1-2H3/p+1. The second-order valence-corrected chi connectivity index (χ2v) is 9.06. The van der Waals surface area contributed by atoms with Gasteiger partial charge in [0.05, 0.1) is 43.1 Å². The minimum absolute atomic E-state index is 0.137. The molecule has 5 N–H and O–H groups in total. The van der Waals surface area contributed by atoms with Crippen molar-refractivity contribution in [2.75, 3.05) is 43.6 Å². The van der Waals surface area contributed by atoms with Crippen LogP contribution in [0.1, 0.15) is 70.4 Å². The number of quaternary nitrogens is 1. The summed E-state index contributed by atoms with van der Waals surface area (Å²) in [5.41, 5.74) is 10.0. The Bertz CT molecular complexity index is 993. The van der Waals surface area contributed by atoms with Crippen LogP contribution in [0, 0.1) is 0 Å². The molecule has 0 saturated heterocycles. The molecule has 0 aliphatic heterocycles. The van der Waals surface area contributed by atoms with Gasteiger partial charge in [0.1, 0.15) is 0 Å². The van der Waals surface area contributed by atoms with E-state index in [0.717, 1.165) is 38.0 Å². The molecule has 2 aromatic rings. The van der Waals surface area contributed by atoms with Crippen LogP contribution in [-0.2, 0) is 0 Å². The molecule has 1 saturated carbocycles. The molecule has 1 fully saturated rings. The van der Waals surface area contributed by atoms with Gasteiger partial charge in [-0.1, -0.05) is 43.5 Å². The fourth-order valence-electron chi connectivity index (χ4n) is 4.71. The van der Waals surface area contributed by atoms with Gasteiger partial charge in [-0.15, -0.1) is 0 Å². The molecule has 0 heterocycles. The Morgan fingerprint density at radius 3 is 2.26 bits per heavy atom. The number of carbonyl (C=O) groups is 2. The number of nitrogens with one attached hydrogen (secondary N) is 3. The van der Waals surface area contributed by atoms with Gasteiger partial charge >= 0.3 is 0 Å². The number of nitrogens with two attached hydrogens (primary N) is 1.